The minimum atomic E-state index is -2.87. The highest BCUT2D eigenvalue weighted by atomic mass is 28.3. The van der Waals surface area contributed by atoms with Gasteiger partial charge in [-0.05, 0) is 34.1 Å². The molecule has 41 heavy (non-hydrogen) atoms. The van der Waals surface area contributed by atoms with Crippen molar-refractivity contribution in [3.8, 4) is 17.1 Å². The number of aromatic nitrogens is 4. The van der Waals surface area contributed by atoms with Crippen molar-refractivity contribution in [2.45, 2.75) is 13.3 Å². The maximum atomic E-state index is 5.23. The van der Waals surface area contributed by atoms with E-state index in [1.807, 2.05) is 10.7 Å². The number of benzene rings is 5. The number of fused-ring (bicyclic) bond motifs is 1. The lowest BCUT2D eigenvalue weighted by atomic mass is 10.2. The van der Waals surface area contributed by atoms with Crippen LogP contribution >= 0.6 is 0 Å². The molecule has 0 aliphatic carbocycles. The zero-order valence-corrected chi connectivity index (χ0v) is 23.9. The normalized spacial score (nSPS) is 11.6. The average molecular weight is 547 g/mol. The highest BCUT2D eigenvalue weighted by Gasteiger charge is 2.46. The minimum Gasteiger partial charge on any atom is -0.276 e. The van der Waals surface area contributed by atoms with Crippen molar-refractivity contribution in [1.82, 2.24) is 19.4 Å². The van der Waals surface area contributed by atoms with Gasteiger partial charge in [-0.1, -0.05) is 146 Å². The number of hydrogen-bond donors (Lipinski definition) is 0. The second kappa shape index (κ2) is 10.5. The number of hydrogen-bond acceptors (Lipinski definition) is 2. The fourth-order valence-corrected chi connectivity index (χ4v) is 11.3. The summed E-state index contributed by atoms with van der Waals surface area (Å²) in [7, 11) is -2.87. The van der Waals surface area contributed by atoms with Gasteiger partial charge >= 0.3 is 0 Å². The van der Waals surface area contributed by atoms with Crippen LogP contribution in [0.15, 0.2) is 152 Å². The fraction of sp³-hybridized carbons (Fsp3) is 0.0556. The number of aryl methyl sites for hydroxylation is 1. The Labute approximate surface area is 241 Å². The molecule has 2 aromatic heterocycles. The van der Waals surface area contributed by atoms with Crippen molar-refractivity contribution >= 4 is 34.5 Å². The molecule has 0 unspecified atom stereocenters. The highest BCUT2D eigenvalue weighted by Crippen LogP contribution is 2.26. The Bertz CT molecular complexity index is 1800. The van der Waals surface area contributed by atoms with E-state index in [9.17, 15) is 0 Å². The number of para-hydroxylation sites is 1. The maximum absolute atomic E-state index is 5.23. The summed E-state index contributed by atoms with van der Waals surface area (Å²) in [4.78, 5) is 0. The van der Waals surface area contributed by atoms with Gasteiger partial charge in [0.05, 0.1) is 5.69 Å². The summed E-state index contributed by atoms with van der Waals surface area (Å²) in [6, 6.07) is 54.1. The average Bonchev–Trinajstić information content (AvgIpc) is 3.61. The van der Waals surface area contributed by atoms with Crippen LogP contribution in [0, 0.1) is 0 Å². The summed E-state index contributed by atoms with van der Waals surface area (Å²) >= 11 is 0. The molecule has 0 spiro atoms. The molecule has 7 aromatic rings. The lowest BCUT2D eigenvalue weighted by Gasteiger charge is -2.34. The van der Waals surface area contributed by atoms with E-state index in [0.29, 0.717) is 0 Å². The summed E-state index contributed by atoms with van der Waals surface area (Å²) in [6.07, 6.45) is 0.801. The van der Waals surface area contributed by atoms with E-state index in [4.69, 9.17) is 10.2 Å². The molecule has 198 valence electrons. The SMILES string of the molecule is CCc1nn2nc(-c3ccccc3)n(-c3ccccc3)c2c1[Si](c1ccccc1)(c1ccccc1)c1ccccc1. The van der Waals surface area contributed by atoms with Gasteiger partial charge in [-0.3, -0.25) is 4.57 Å². The van der Waals surface area contributed by atoms with Crippen LogP contribution in [0.3, 0.4) is 0 Å². The van der Waals surface area contributed by atoms with Gasteiger partial charge in [0.1, 0.15) is 0 Å². The lowest BCUT2D eigenvalue weighted by Crippen LogP contribution is -2.75. The van der Waals surface area contributed by atoms with Gasteiger partial charge in [-0.2, -0.15) is 5.10 Å². The van der Waals surface area contributed by atoms with Crippen LogP contribution in [0.5, 0.6) is 0 Å². The first-order chi connectivity index (χ1) is 20.3. The van der Waals surface area contributed by atoms with Gasteiger partial charge in [-0.15, -0.1) is 9.73 Å². The van der Waals surface area contributed by atoms with E-state index in [1.54, 1.807) is 0 Å². The first-order valence-electron chi connectivity index (χ1n) is 14.1. The van der Waals surface area contributed by atoms with Crippen molar-refractivity contribution < 1.29 is 0 Å². The molecule has 0 amide bonds. The molecule has 7 rings (SSSR count). The van der Waals surface area contributed by atoms with Crippen LogP contribution in [0.4, 0.5) is 0 Å². The summed E-state index contributed by atoms with van der Waals surface area (Å²) in [5.41, 5.74) is 4.22. The monoisotopic (exact) mass is 546 g/mol. The smallest absolute Gasteiger partial charge is 0.186 e. The molecule has 0 fully saturated rings. The second-order valence-electron chi connectivity index (χ2n) is 10.2. The number of rotatable bonds is 7. The Hall–Kier alpha value is -5.00. The third-order valence-corrected chi connectivity index (χ3v) is 12.8. The summed E-state index contributed by atoms with van der Waals surface area (Å²) in [5, 5.41) is 15.6. The molecule has 0 N–H and O–H groups in total. The first kappa shape index (κ1) is 25.0. The van der Waals surface area contributed by atoms with Gasteiger partial charge in [0.25, 0.3) is 0 Å². The fourth-order valence-electron chi connectivity index (χ4n) is 6.17. The molecule has 0 saturated heterocycles. The van der Waals surface area contributed by atoms with Crippen LogP contribution in [0.1, 0.15) is 12.6 Å². The Morgan fingerprint density at radius 2 is 0.976 bits per heavy atom. The molecule has 2 heterocycles. The molecular weight excluding hydrogens is 517 g/mol. The molecule has 0 radical (unpaired) electrons. The van der Waals surface area contributed by atoms with E-state index >= 15 is 0 Å². The topological polar surface area (TPSA) is 35.1 Å². The van der Waals surface area contributed by atoms with E-state index in [2.05, 4.69) is 157 Å². The minimum absolute atomic E-state index is 0.801. The Kier molecular flexibility index (Phi) is 6.42. The van der Waals surface area contributed by atoms with E-state index in [-0.39, 0.29) is 0 Å². The van der Waals surface area contributed by atoms with E-state index in [1.165, 1.54) is 20.7 Å². The Balaban J connectivity index is 1.71. The second-order valence-corrected chi connectivity index (χ2v) is 13.9. The van der Waals surface area contributed by atoms with E-state index in [0.717, 1.165) is 34.8 Å². The quantitative estimate of drug-likeness (QED) is 0.205. The Morgan fingerprint density at radius 1 is 0.537 bits per heavy atom. The van der Waals surface area contributed by atoms with Crippen molar-refractivity contribution in [2.24, 2.45) is 0 Å². The molecule has 0 saturated carbocycles. The van der Waals surface area contributed by atoms with Gasteiger partial charge < -0.3 is 0 Å². The van der Waals surface area contributed by atoms with Gasteiger partial charge in [0, 0.05) is 16.4 Å². The predicted octanol–water partition coefficient (Wildman–Crippen LogP) is 5.13. The van der Waals surface area contributed by atoms with Gasteiger partial charge in [0.15, 0.2) is 19.5 Å². The summed E-state index contributed by atoms with van der Waals surface area (Å²) in [5.74, 6) is 0.875. The van der Waals surface area contributed by atoms with Crippen LogP contribution in [0.2, 0.25) is 0 Å². The van der Waals surface area contributed by atoms with Gasteiger partial charge in [0.2, 0.25) is 0 Å². The predicted molar refractivity (Wildman–Crippen MR) is 171 cm³/mol. The van der Waals surface area contributed by atoms with Crippen molar-refractivity contribution in [3.05, 3.63) is 157 Å². The molecular formula is C36H30N4Si. The van der Waals surface area contributed by atoms with E-state index < -0.39 is 8.07 Å². The van der Waals surface area contributed by atoms with Crippen LogP contribution < -0.4 is 20.7 Å². The van der Waals surface area contributed by atoms with Crippen LogP contribution in [-0.4, -0.2) is 27.5 Å². The lowest BCUT2D eigenvalue weighted by molar-refractivity contribution is 0.795. The Morgan fingerprint density at radius 3 is 1.44 bits per heavy atom. The molecule has 5 aromatic carbocycles. The summed E-state index contributed by atoms with van der Waals surface area (Å²) in [6.45, 7) is 2.20. The molecule has 5 heteroatoms. The van der Waals surface area contributed by atoms with Crippen LogP contribution in [0.25, 0.3) is 22.7 Å². The molecule has 0 bridgehead atoms. The van der Waals surface area contributed by atoms with Gasteiger partial charge in [-0.25, -0.2) is 0 Å². The largest absolute Gasteiger partial charge is 0.276 e. The zero-order chi connectivity index (χ0) is 27.6. The third kappa shape index (κ3) is 4.05. The highest BCUT2D eigenvalue weighted by molar-refractivity contribution is 7.20. The summed E-state index contributed by atoms with van der Waals surface area (Å²) < 4.78 is 4.20. The molecule has 0 atom stereocenters. The third-order valence-electron chi connectivity index (χ3n) is 7.91. The van der Waals surface area contributed by atoms with Crippen molar-refractivity contribution in [3.63, 3.8) is 0 Å². The first-order valence-corrected chi connectivity index (χ1v) is 16.1. The van der Waals surface area contributed by atoms with Crippen LogP contribution in [-0.2, 0) is 6.42 Å². The maximum Gasteiger partial charge on any atom is 0.186 e. The molecule has 0 aliphatic rings. The zero-order valence-electron chi connectivity index (χ0n) is 22.9. The molecule has 4 nitrogen and oxygen atoms in total. The van der Waals surface area contributed by atoms with Crippen molar-refractivity contribution in [2.75, 3.05) is 0 Å². The number of nitrogens with zero attached hydrogens (tertiary/aromatic N) is 4. The van der Waals surface area contributed by atoms with Crippen molar-refractivity contribution in [1.29, 1.82) is 0 Å². The standard InChI is InChI=1S/C36H30N4Si/c1-2-33-34(36-39(29-20-10-4-11-21-29)35(38-40(36)37-33)28-18-8-3-9-19-28)41(30-22-12-5-13-23-30,31-24-14-6-15-25-31)32-26-16-7-17-27-32/h3-27H,2H2,1H3. The molecule has 0 aliphatic heterocycles.